The van der Waals surface area contributed by atoms with Gasteiger partial charge < -0.3 is 4.74 Å². The first-order chi connectivity index (χ1) is 5.85. The fourth-order valence-corrected chi connectivity index (χ4v) is 1.56. The van der Waals surface area contributed by atoms with Crippen LogP contribution in [0.3, 0.4) is 0 Å². The fraction of sp³-hybridized carbons (Fsp3) is 1.00. The van der Waals surface area contributed by atoms with E-state index in [0.29, 0.717) is 23.9 Å². The van der Waals surface area contributed by atoms with Gasteiger partial charge in [-0.15, -0.1) is 0 Å². The van der Waals surface area contributed by atoms with E-state index in [1.54, 1.807) is 0 Å². The van der Waals surface area contributed by atoms with Crippen LogP contribution in [0.1, 0.15) is 47.5 Å². The average molecular weight is 182 g/mol. The van der Waals surface area contributed by atoms with Crippen LogP contribution in [-0.4, -0.2) is 20.5 Å². The number of hydrogen-bond acceptors (Lipinski definition) is 1. The van der Waals surface area contributed by atoms with E-state index < -0.39 is 0 Å². The summed E-state index contributed by atoms with van der Waals surface area (Å²) in [7, 11) is 5.40. The fourth-order valence-electron chi connectivity index (χ4n) is 1.56. The minimum absolute atomic E-state index is 0.324. The van der Waals surface area contributed by atoms with Gasteiger partial charge in [0.1, 0.15) is 7.85 Å². The molecule has 1 unspecified atom stereocenters. The molecule has 0 aliphatic heterocycles. The van der Waals surface area contributed by atoms with E-state index in [2.05, 4.69) is 34.6 Å². The standard InChI is InChI=1S/C11H23BO/c1-9(2)6-10(13-8-12)7-11(3,4)5/h9-10H,6-8H2,1-5H3. The van der Waals surface area contributed by atoms with Crippen LogP contribution in [0.4, 0.5) is 0 Å². The highest BCUT2D eigenvalue weighted by atomic mass is 16.5. The van der Waals surface area contributed by atoms with E-state index in [0.717, 1.165) is 12.8 Å². The Labute approximate surface area is 84.7 Å². The topological polar surface area (TPSA) is 9.23 Å². The van der Waals surface area contributed by atoms with Crippen molar-refractivity contribution >= 4 is 7.85 Å². The monoisotopic (exact) mass is 182 g/mol. The molecule has 2 radical (unpaired) electrons. The lowest BCUT2D eigenvalue weighted by atomic mass is 9.86. The lowest BCUT2D eigenvalue weighted by Crippen LogP contribution is -2.23. The summed E-state index contributed by atoms with van der Waals surface area (Å²) in [4.78, 5) is 0. The molecule has 0 aromatic heterocycles. The maximum absolute atomic E-state index is 5.51. The third kappa shape index (κ3) is 8.36. The largest absolute Gasteiger partial charge is 0.388 e. The maximum atomic E-state index is 5.51. The van der Waals surface area contributed by atoms with Crippen molar-refractivity contribution in [3.63, 3.8) is 0 Å². The second kappa shape index (κ2) is 5.69. The minimum atomic E-state index is 0.324. The van der Waals surface area contributed by atoms with Crippen LogP contribution >= 0.6 is 0 Å². The van der Waals surface area contributed by atoms with Crippen LogP contribution in [-0.2, 0) is 4.74 Å². The van der Waals surface area contributed by atoms with Gasteiger partial charge >= 0.3 is 0 Å². The summed E-state index contributed by atoms with van der Waals surface area (Å²) in [6.45, 7) is 11.5. The van der Waals surface area contributed by atoms with Crippen molar-refractivity contribution in [1.29, 1.82) is 0 Å². The number of hydrogen-bond donors (Lipinski definition) is 0. The normalized spacial score (nSPS) is 14.9. The van der Waals surface area contributed by atoms with Crippen LogP contribution in [0.25, 0.3) is 0 Å². The Kier molecular flexibility index (Phi) is 5.70. The highest BCUT2D eigenvalue weighted by molar-refractivity contribution is 6.08. The molecule has 0 aliphatic rings. The molecular weight excluding hydrogens is 159 g/mol. The molecule has 0 aromatic carbocycles. The van der Waals surface area contributed by atoms with Gasteiger partial charge in [0.15, 0.2) is 0 Å². The second-order valence-corrected chi connectivity index (χ2v) is 5.35. The molecule has 0 amide bonds. The second-order valence-electron chi connectivity index (χ2n) is 5.35. The van der Waals surface area contributed by atoms with E-state index in [1.165, 1.54) is 0 Å². The zero-order valence-corrected chi connectivity index (χ0v) is 9.76. The van der Waals surface area contributed by atoms with Gasteiger partial charge in [-0.05, 0) is 24.2 Å². The third-order valence-corrected chi connectivity index (χ3v) is 1.91. The predicted octanol–water partition coefficient (Wildman–Crippen LogP) is 2.98. The van der Waals surface area contributed by atoms with Gasteiger partial charge in [0.2, 0.25) is 0 Å². The summed E-state index contributed by atoms with van der Waals surface area (Å²) in [5.41, 5.74) is 0.328. The molecule has 0 rings (SSSR count). The maximum Gasteiger partial charge on any atom is 0.104 e. The number of rotatable bonds is 5. The van der Waals surface area contributed by atoms with E-state index >= 15 is 0 Å². The Bertz CT molecular complexity index is 127. The van der Waals surface area contributed by atoms with Crippen LogP contribution in [0.2, 0.25) is 0 Å². The molecule has 0 aliphatic carbocycles. The van der Waals surface area contributed by atoms with Gasteiger partial charge in [-0.3, -0.25) is 0 Å². The smallest absolute Gasteiger partial charge is 0.104 e. The summed E-state index contributed by atoms with van der Waals surface area (Å²) in [5, 5.41) is 0. The van der Waals surface area contributed by atoms with Gasteiger partial charge in [0, 0.05) is 6.51 Å². The van der Waals surface area contributed by atoms with Crippen molar-refractivity contribution in [1.82, 2.24) is 0 Å². The van der Waals surface area contributed by atoms with Crippen molar-refractivity contribution in [2.75, 3.05) is 6.51 Å². The summed E-state index contributed by atoms with van der Waals surface area (Å²) in [6, 6.07) is 0. The lowest BCUT2D eigenvalue weighted by Gasteiger charge is -2.27. The molecule has 1 nitrogen and oxygen atoms in total. The first-order valence-electron chi connectivity index (χ1n) is 5.17. The van der Waals surface area contributed by atoms with Gasteiger partial charge in [-0.2, -0.15) is 0 Å². The lowest BCUT2D eigenvalue weighted by molar-refractivity contribution is 0.0388. The number of ether oxygens (including phenoxy) is 1. The summed E-state index contributed by atoms with van der Waals surface area (Å²) in [6.07, 6.45) is 2.52. The Morgan fingerprint density at radius 3 is 2.08 bits per heavy atom. The van der Waals surface area contributed by atoms with E-state index in [4.69, 9.17) is 12.6 Å². The average Bonchev–Trinajstić information content (AvgIpc) is 1.81. The van der Waals surface area contributed by atoms with Crippen LogP contribution in [0, 0.1) is 11.3 Å². The quantitative estimate of drug-likeness (QED) is 0.594. The van der Waals surface area contributed by atoms with Crippen molar-refractivity contribution in [3.8, 4) is 0 Å². The van der Waals surface area contributed by atoms with Gasteiger partial charge in [-0.1, -0.05) is 34.6 Å². The molecule has 76 valence electrons. The molecule has 1 atom stereocenters. The Balaban J connectivity index is 3.94. The molecule has 0 spiro atoms. The Hall–Kier alpha value is 0.0249. The van der Waals surface area contributed by atoms with Crippen LogP contribution in [0.15, 0.2) is 0 Å². The SMILES string of the molecule is [B]COC(CC(C)C)CC(C)(C)C. The predicted molar refractivity (Wildman–Crippen MR) is 59.0 cm³/mol. The molecule has 0 N–H and O–H groups in total. The summed E-state index contributed by atoms with van der Waals surface area (Å²) >= 11 is 0. The van der Waals surface area contributed by atoms with Crippen molar-refractivity contribution in [3.05, 3.63) is 0 Å². The van der Waals surface area contributed by atoms with E-state index in [1.807, 2.05) is 0 Å². The molecule has 2 heteroatoms. The van der Waals surface area contributed by atoms with Crippen molar-refractivity contribution < 1.29 is 4.74 Å². The first kappa shape index (κ1) is 13.0. The molecule has 0 fully saturated rings. The van der Waals surface area contributed by atoms with Gasteiger partial charge in [0.25, 0.3) is 0 Å². The van der Waals surface area contributed by atoms with Crippen LogP contribution < -0.4 is 0 Å². The Morgan fingerprint density at radius 1 is 1.23 bits per heavy atom. The highest BCUT2D eigenvalue weighted by Gasteiger charge is 2.19. The minimum Gasteiger partial charge on any atom is -0.388 e. The molecule has 0 heterocycles. The van der Waals surface area contributed by atoms with Crippen LogP contribution in [0.5, 0.6) is 0 Å². The summed E-state index contributed by atoms with van der Waals surface area (Å²) < 4.78 is 5.51. The zero-order chi connectivity index (χ0) is 10.5. The molecule has 13 heavy (non-hydrogen) atoms. The third-order valence-electron chi connectivity index (χ3n) is 1.91. The first-order valence-corrected chi connectivity index (χ1v) is 5.17. The Morgan fingerprint density at radius 2 is 1.77 bits per heavy atom. The molecule has 0 aromatic rings. The van der Waals surface area contributed by atoms with E-state index in [9.17, 15) is 0 Å². The molecule has 0 saturated heterocycles. The van der Waals surface area contributed by atoms with Crippen molar-refractivity contribution in [2.45, 2.75) is 53.6 Å². The molecule has 0 bridgehead atoms. The molecule has 0 saturated carbocycles. The highest BCUT2D eigenvalue weighted by Crippen LogP contribution is 2.25. The summed E-state index contributed by atoms with van der Waals surface area (Å²) in [5.74, 6) is 0.680. The van der Waals surface area contributed by atoms with Gasteiger partial charge in [0.05, 0.1) is 6.10 Å². The molecular formula is C11H23BO. The zero-order valence-electron chi connectivity index (χ0n) is 9.76. The van der Waals surface area contributed by atoms with Crippen molar-refractivity contribution in [2.24, 2.45) is 11.3 Å². The van der Waals surface area contributed by atoms with E-state index in [-0.39, 0.29) is 0 Å². The van der Waals surface area contributed by atoms with Gasteiger partial charge in [-0.25, -0.2) is 0 Å².